The lowest BCUT2D eigenvalue weighted by molar-refractivity contribution is 0.0940. The van der Waals surface area contributed by atoms with E-state index in [0.29, 0.717) is 5.56 Å². The van der Waals surface area contributed by atoms with Crippen LogP contribution in [-0.4, -0.2) is 19.1 Å². The molecule has 3 rings (SSSR count). The van der Waals surface area contributed by atoms with Crippen LogP contribution in [0.5, 0.6) is 5.75 Å². The zero-order chi connectivity index (χ0) is 17.6. The number of fused-ring (bicyclic) bond motifs is 1. The van der Waals surface area contributed by atoms with Crippen LogP contribution in [0.3, 0.4) is 0 Å². The molecule has 0 radical (unpaired) electrons. The number of methoxy groups -OCH3 is 1. The van der Waals surface area contributed by atoms with Crippen molar-refractivity contribution in [3.05, 3.63) is 77.9 Å². The molecule has 0 heterocycles. The largest absolute Gasteiger partial charge is 0.496 e. The highest BCUT2D eigenvalue weighted by Gasteiger charge is 2.14. The molecule has 1 unspecified atom stereocenters. The van der Waals surface area contributed by atoms with Crippen molar-refractivity contribution in [2.24, 2.45) is 0 Å². The number of rotatable bonds is 6. The summed E-state index contributed by atoms with van der Waals surface area (Å²) in [5, 5.41) is 4.98. The molecule has 128 valence electrons. The zero-order valence-corrected chi connectivity index (χ0v) is 14.7. The molecule has 0 aliphatic carbocycles. The van der Waals surface area contributed by atoms with Gasteiger partial charge in [0.25, 0.3) is 5.91 Å². The van der Waals surface area contributed by atoms with Crippen molar-refractivity contribution in [1.29, 1.82) is 0 Å². The molecule has 1 atom stereocenters. The zero-order valence-electron chi connectivity index (χ0n) is 14.7. The van der Waals surface area contributed by atoms with Gasteiger partial charge in [0.1, 0.15) is 5.75 Å². The third kappa shape index (κ3) is 4.00. The van der Waals surface area contributed by atoms with Gasteiger partial charge in [-0.3, -0.25) is 4.79 Å². The molecule has 1 N–H and O–H groups in total. The van der Waals surface area contributed by atoms with Crippen LogP contribution < -0.4 is 10.1 Å². The Kier molecular flexibility index (Phi) is 5.34. The van der Waals surface area contributed by atoms with E-state index in [4.69, 9.17) is 4.74 Å². The average Bonchev–Trinajstić information content (AvgIpc) is 2.66. The molecule has 3 nitrogen and oxygen atoms in total. The summed E-state index contributed by atoms with van der Waals surface area (Å²) in [6, 6.07) is 22.0. The van der Waals surface area contributed by atoms with E-state index in [0.717, 1.165) is 29.4 Å². The molecule has 0 aromatic heterocycles. The van der Waals surface area contributed by atoms with Gasteiger partial charge in [0.2, 0.25) is 0 Å². The monoisotopic (exact) mass is 333 g/mol. The molecule has 0 aliphatic heterocycles. The first-order chi connectivity index (χ1) is 12.2. The predicted octanol–water partition coefficient (Wildman–Crippen LogP) is 4.60. The van der Waals surface area contributed by atoms with Crippen LogP contribution in [0, 0.1) is 0 Å². The summed E-state index contributed by atoms with van der Waals surface area (Å²) in [4.78, 5) is 12.7. The summed E-state index contributed by atoms with van der Waals surface area (Å²) in [7, 11) is 1.65. The maximum Gasteiger partial charge on any atom is 0.252 e. The van der Waals surface area contributed by atoms with Crippen molar-refractivity contribution in [2.75, 3.05) is 7.11 Å². The second-order valence-corrected chi connectivity index (χ2v) is 6.26. The smallest absolute Gasteiger partial charge is 0.252 e. The minimum absolute atomic E-state index is 0.0422. The SMILES string of the molecule is COc1ccc(C(=O)NC(C)CCc2ccccc2)c2ccccc12. The van der Waals surface area contributed by atoms with Crippen molar-refractivity contribution in [3.8, 4) is 5.75 Å². The van der Waals surface area contributed by atoms with Crippen LogP contribution in [0.1, 0.15) is 29.3 Å². The second-order valence-electron chi connectivity index (χ2n) is 6.26. The normalized spacial score (nSPS) is 11.9. The number of ether oxygens (including phenoxy) is 1. The standard InChI is InChI=1S/C22H23NO2/c1-16(12-13-17-8-4-3-5-9-17)23-22(24)20-14-15-21(25-2)19-11-7-6-10-18(19)20/h3-11,14-16H,12-13H2,1-2H3,(H,23,24). The minimum Gasteiger partial charge on any atom is -0.496 e. The molecule has 1 amide bonds. The van der Waals surface area contributed by atoms with Gasteiger partial charge >= 0.3 is 0 Å². The average molecular weight is 333 g/mol. The van der Waals surface area contributed by atoms with Gasteiger partial charge in [-0.25, -0.2) is 0 Å². The summed E-state index contributed by atoms with van der Waals surface area (Å²) in [5.74, 6) is 0.740. The molecule has 0 saturated carbocycles. The maximum absolute atomic E-state index is 12.7. The van der Waals surface area contributed by atoms with E-state index in [2.05, 4.69) is 17.4 Å². The number of benzene rings is 3. The fraction of sp³-hybridized carbons (Fsp3) is 0.227. The number of aryl methyl sites for hydroxylation is 1. The molecule has 3 aromatic carbocycles. The van der Waals surface area contributed by atoms with Crippen molar-refractivity contribution < 1.29 is 9.53 Å². The molecule has 3 aromatic rings. The van der Waals surface area contributed by atoms with Gasteiger partial charge in [0.15, 0.2) is 0 Å². The van der Waals surface area contributed by atoms with Crippen LogP contribution >= 0.6 is 0 Å². The third-order valence-electron chi connectivity index (χ3n) is 4.43. The minimum atomic E-state index is -0.0422. The van der Waals surface area contributed by atoms with Crippen LogP contribution in [0.25, 0.3) is 10.8 Å². The summed E-state index contributed by atoms with van der Waals surface area (Å²) in [6.45, 7) is 2.05. The van der Waals surface area contributed by atoms with E-state index in [9.17, 15) is 4.79 Å². The van der Waals surface area contributed by atoms with Crippen molar-refractivity contribution in [1.82, 2.24) is 5.32 Å². The van der Waals surface area contributed by atoms with Crippen molar-refractivity contribution in [2.45, 2.75) is 25.8 Å². The molecular formula is C22H23NO2. The number of hydrogen-bond acceptors (Lipinski definition) is 2. The van der Waals surface area contributed by atoms with E-state index in [1.807, 2.05) is 61.5 Å². The van der Waals surface area contributed by atoms with Crippen LogP contribution in [-0.2, 0) is 6.42 Å². The lowest BCUT2D eigenvalue weighted by atomic mass is 10.0. The topological polar surface area (TPSA) is 38.3 Å². The van der Waals surface area contributed by atoms with E-state index >= 15 is 0 Å². The first-order valence-corrected chi connectivity index (χ1v) is 8.59. The first-order valence-electron chi connectivity index (χ1n) is 8.59. The summed E-state index contributed by atoms with van der Waals surface area (Å²) in [5.41, 5.74) is 1.97. The first kappa shape index (κ1) is 17.0. The van der Waals surface area contributed by atoms with Gasteiger partial charge < -0.3 is 10.1 Å². The Hall–Kier alpha value is -2.81. The van der Waals surface area contributed by atoms with Crippen molar-refractivity contribution in [3.63, 3.8) is 0 Å². The Morgan fingerprint density at radius 3 is 2.36 bits per heavy atom. The molecule has 0 aliphatic rings. The fourth-order valence-corrected chi connectivity index (χ4v) is 3.05. The number of carbonyl (C=O) groups is 1. The van der Waals surface area contributed by atoms with Gasteiger partial charge in [-0.1, -0.05) is 54.6 Å². The summed E-state index contributed by atoms with van der Waals surface area (Å²) in [6.07, 6.45) is 1.86. The number of nitrogens with one attached hydrogen (secondary N) is 1. The molecule has 3 heteroatoms. The van der Waals surface area contributed by atoms with Gasteiger partial charge in [0, 0.05) is 17.0 Å². The Balaban J connectivity index is 1.72. The summed E-state index contributed by atoms with van der Waals surface area (Å²) < 4.78 is 5.40. The Labute approximate surface area is 148 Å². The van der Waals surface area contributed by atoms with E-state index in [-0.39, 0.29) is 11.9 Å². The molecule has 0 spiro atoms. The van der Waals surface area contributed by atoms with E-state index in [1.165, 1.54) is 5.56 Å². The molecule has 25 heavy (non-hydrogen) atoms. The summed E-state index contributed by atoms with van der Waals surface area (Å²) >= 11 is 0. The molecule has 0 saturated heterocycles. The Morgan fingerprint density at radius 2 is 1.64 bits per heavy atom. The predicted molar refractivity (Wildman–Crippen MR) is 102 cm³/mol. The Bertz CT molecular complexity index is 858. The number of hydrogen-bond donors (Lipinski definition) is 1. The van der Waals surface area contributed by atoms with E-state index in [1.54, 1.807) is 7.11 Å². The fourth-order valence-electron chi connectivity index (χ4n) is 3.05. The number of carbonyl (C=O) groups excluding carboxylic acids is 1. The van der Waals surface area contributed by atoms with Gasteiger partial charge in [-0.2, -0.15) is 0 Å². The van der Waals surface area contributed by atoms with Crippen molar-refractivity contribution >= 4 is 16.7 Å². The highest BCUT2D eigenvalue weighted by Crippen LogP contribution is 2.28. The Morgan fingerprint density at radius 1 is 0.960 bits per heavy atom. The van der Waals surface area contributed by atoms with Crippen LogP contribution in [0.4, 0.5) is 0 Å². The lowest BCUT2D eigenvalue weighted by Crippen LogP contribution is -2.33. The van der Waals surface area contributed by atoms with Gasteiger partial charge in [-0.15, -0.1) is 0 Å². The van der Waals surface area contributed by atoms with E-state index < -0.39 is 0 Å². The second kappa shape index (κ2) is 7.84. The third-order valence-corrected chi connectivity index (χ3v) is 4.43. The molecule has 0 fully saturated rings. The van der Waals surface area contributed by atoms with Crippen LogP contribution in [0.15, 0.2) is 66.7 Å². The maximum atomic E-state index is 12.7. The quantitative estimate of drug-likeness (QED) is 0.716. The molecule has 0 bridgehead atoms. The highest BCUT2D eigenvalue weighted by atomic mass is 16.5. The lowest BCUT2D eigenvalue weighted by Gasteiger charge is -2.16. The highest BCUT2D eigenvalue weighted by molar-refractivity contribution is 6.08. The van der Waals surface area contributed by atoms with Gasteiger partial charge in [0.05, 0.1) is 7.11 Å². The van der Waals surface area contributed by atoms with Gasteiger partial charge in [-0.05, 0) is 42.8 Å². The number of amides is 1. The van der Waals surface area contributed by atoms with Crippen LogP contribution in [0.2, 0.25) is 0 Å². The molecular weight excluding hydrogens is 310 g/mol.